The largest absolute Gasteiger partial charge is 0.379 e. The van der Waals surface area contributed by atoms with Crippen molar-refractivity contribution >= 4 is 41.7 Å². The van der Waals surface area contributed by atoms with Gasteiger partial charge in [0.05, 0.1) is 13.2 Å². The Kier molecular flexibility index (Phi) is 10.9. The Morgan fingerprint density at radius 3 is 2.73 bits per heavy atom. The van der Waals surface area contributed by atoms with Gasteiger partial charge in [-0.15, -0.1) is 24.0 Å². The maximum atomic E-state index is 5.45. The van der Waals surface area contributed by atoms with E-state index in [1.807, 2.05) is 18.8 Å². The number of halogens is 1. The predicted molar refractivity (Wildman–Crippen MR) is 107 cm³/mol. The summed E-state index contributed by atoms with van der Waals surface area (Å²) in [7, 11) is 1.90. The molecule has 2 aliphatic rings. The van der Waals surface area contributed by atoms with Crippen LogP contribution in [0.3, 0.4) is 0 Å². The van der Waals surface area contributed by atoms with Gasteiger partial charge in [0.25, 0.3) is 0 Å². The Balaban J connectivity index is 0.00000242. The van der Waals surface area contributed by atoms with E-state index in [-0.39, 0.29) is 24.0 Å². The summed E-state index contributed by atoms with van der Waals surface area (Å²) in [4.78, 5) is 9.44. The van der Waals surface area contributed by atoms with Gasteiger partial charge in [-0.05, 0) is 31.3 Å². The molecule has 0 saturated carbocycles. The van der Waals surface area contributed by atoms with E-state index >= 15 is 0 Å². The second-order valence-corrected chi connectivity index (χ2v) is 6.70. The van der Waals surface area contributed by atoms with Gasteiger partial charge in [0.1, 0.15) is 0 Å². The van der Waals surface area contributed by atoms with Crippen molar-refractivity contribution in [1.29, 1.82) is 0 Å². The highest BCUT2D eigenvalue weighted by Gasteiger charge is 2.29. The van der Waals surface area contributed by atoms with Crippen LogP contribution in [0.25, 0.3) is 0 Å². The summed E-state index contributed by atoms with van der Waals surface area (Å²) in [5, 5.41) is 3.52. The fraction of sp³-hybridized carbons (Fsp3) is 0.933. The average molecular weight is 442 g/mol. The number of guanidine groups is 1. The van der Waals surface area contributed by atoms with Gasteiger partial charge in [0.15, 0.2) is 5.96 Å². The van der Waals surface area contributed by atoms with E-state index in [1.165, 1.54) is 25.0 Å². The summed E-state index contributed by atoms with van der Waals surface area (Å²) < 4.78 is 5.45. The number of unbranched alkanes of at least 4 members (excludes halogenated alkanes) is 1. The molecular weight excluding hydrogens is 411 g/mol. The van der Waals surface area contributed by atoms with Gasteiger partial charge in [0, 0.05) is 45.8 Å². The van der Waals surface area contributed by atoms with Gasteiger partial charge in [-0.2, -0.15) is 11.8 Å². The van der Waals surface area contributed by atoms with E-state index in [2.05, 4.69) is 26.4 Å². The molecule has 0 aromatic carbocycles. The van der Waals surface area contributed by atoms with Crippen LogP contribution in [0.2, 0.25) is 0 Å². The Hall–Kier alpha value is 0.270. The third-order valence-corrected chi connectivity index (χ3v) is 4.99. The van der Waals surface area contributed by atoms with Crippen molar-refractivity contribution in [3.05, 3.63) is 0 Å². The van der Waals surface area contributed by atoms with Crippen molar-refractivity contribution < 1.29 is 4.74 Å². The molecule has 2 saturated heterocycles. The van der Waals surface area contributed by atoms with Gasteiger partial charge in [-0.1, -0.05) is 0 Å². The van der Waals surface area contributed by atoms with Crippen LogP contribution in [-0.4, -0.2) is 86.8 Å². The number of hydrogen-bond donors (Lipinski definition) is 1. The van der Waals surface area contributed by atoms with Crippen molar-refractivity contribution in [2.24, 2.45) is 4.99 Å². The van der Waals surface area contributed by atoms with Crippen LogP contribution in [-0.2, 0) is 4.74 Å². The zero-order valence-electron chi connectivity index (χ0n) is 13.9. The topological polar surface area (TPSA) is 40.1 Å². The van der Waals surface area contributed by atoms with Crippen LogP contribution >= 0.6 is 35.7 Å². The molecule has 0 aromatic heterocycles. The van der Waals surface area contributed by atoms with Gasteiger partial charge in [0.2, 0.25) is 0 Å². The SMILES string of the molecule is CN=C(NCCCCSC)N1CCC(N2CCOCC2)C1.I. The summed E-state index contributed by atoms with van der Waals surface area (Å²) in [6, 6.07) is 0.670. The molecule has 0 bridgehead atoms. The number of likely N-dealkylation sites (tertiary alicyclic amines) is 1. The molecule has 2 rings (SSSR count). The molecule has 0 amide bonds. The van der Waals surface area contributed by atoms with Crippen molar-refractivity contribution in [3.8, 4) is 0 Å². The minimum absolute atomic E-state index is 0. The number of hydrogen-bond acceptors (Lipinski definition) is 4. The van der Waals surface area contributed by atoms with Crippen LogP contribution in [0, 0.1) is 0 Å². The lowest BCUT2D eigenvalue weighted by molar-refractivity contribution is 0.0195. The van der Waals surface area contributed by atoms with E-state index in [4.69, 9.17) is 4.74 Å². The molecule has 2 heterocycles. The minimum atomic E-state index is 0. The molecule has 7 heteroatoms. The number of ether oxygens (including phenoxy) is 1. The minimum Gasteiger partial charge on any atom is -0.379 e. The normalized spacial score (nSPS) is 23.5. The average Bonchev–Trinajstić information content (AvgIpc) is 3.01. The number of thioether (sulfide) groups is 1. The highest BCUT2D eigenvalue weighted by Crippen LogP contribution is 2.17. The highest BCUT2D eigenvalue weighted by atomic mass is 127. The van der Waals surface area contributed by atoms with Crippen LogP contribution in [0.4, 0.5) is 0 Å². The van der Waals surface area contributed by atoms with Crippen LogP contribution in [0.5, 0.6) is 0 Å². The Bertz CT molecular complexity index is 327. The first-order valence-corrected chi connectivity index (χ1v) is 9.51. The fourth-order valence-electron chi connectivity index (χ4n) is 3.08. The Morgan fingerprint density at radius 2 is 2.05 bits per heavy atom. The first kappa shape index (κ1) is 20.3. The van der Waals surface area contributed by atoms with Crippen LogP contribution < -0.4 is 5.32 Å². The van der Waals surface area contributed by atoms with E-state index in [0.717, 1.165) is 51.9 Å². The molecule has 1 atom stereocenters. The van der Waals surface area contributed by atoms with Crippen LogP contribution in [0.1, 0.15) is 19.3 Å². The standard InChI is InChI=1S/C15H30N4OS.HI/c1-16-15(17-6-3-4-12-21-2)19-7-5-14(13-19)18-8-10-20-11-9-18;/h14H,3-13H2,1-2H3,(H,16,17);1H. The maximum absolute atomic E-state index is 5.45. The molecule has 2 fully saturated rings. The highest BCUT2D eigenvalue weighted by molar-refractivity contribution is 14.0. The lowest BCUT2D eigenvalue weighted by atomic mass is 10.2. The summed E-state index contributed by atoms with van der Waals surface area (Å²) in [5.74, 6) is 2.33. The van der Waals surface area contributed by atoms with Gasteiger partial charge in [-0.25, -0.2) is 0 Å². The maximum Gasteiger partial charge on any atom is 0.193 e. The second-order valence-electron chi connectivity index (χ2n) is 5.71. The quantitative estimate of drug-likeness (QED) is 0.294. The summed E-state index contributed by atoms with van der Waals surface area (Å²) in [5.41, 5.74) is 0. The molecule has 0 aromatic rings. The molecule has 130 valence electrons. The van der Waals surface area contributed by atoms with Crippen molar-refractivity contribution in [1.82, 2.24) is 15.1 Å². The van der Waals surface area contributed by atoms with Crippen molar-refractivity contribution in [2.45, 2.75) is 25.3 Å². The number of aliphatic imine (C=N–C) groups is 1. The third-order valence-electron chi connectivity index (χ3n) is 4.30. The Morgan fingerprint density at radius 1 is 1.27 bits per heavy atom. The van der Waals surface area contributed by atoms with E-state index in [0.29, 0.717) is 6.04 Å². The van der Waals surface area contributed by atoms with Gasteiger partial charge >= 0.3 is 0 Å². The van der Waals surface area contributed by atoms with E-state index in [9.17, 15) is 0 Å². The molecule has 1 unspecified atom stereocenters. The Labute approximate surface area is 156 Å². The molecule has 0 radical (unpaired) electrons. The molecular formula is C15H31IN4OS. The summed E-state index contributed by atoms with van der Waals surface area (Å²) in [6.07, 6.45) is 5.91. The molecule has 0 spiro atoms. The second kappa shape index (κ2) is 11.8. The molecule has 0 aliphatic carbocycles. The first-order valence-electron chi connectivity index (χ1n) is 8.11. The lowest BCUT2D eigenvalue weighted by Crippen LogP contribution is -2.46. The monoisotopic (exact) mass is 442 g/mol. The zero-order valence-corrected chi connectivity index (χ0v) is 17.1. The van der Waals surface area contributed by atoms with Crippen molar-refractivity contribution in [3.63, 3.8) is 0 Å². The van der Waals surface area contributed by atoms with E-state index < -0.39 is 0 Å². The number of morpholine rings is 1. The number of nitrogens with zero attached hydrogens (tertiary/aromatic N) is 3. The third kappa shape index (κ3) is 6.41. The fourth-order valence-corrected chi connectivity index (χ4v) is 3.57. The lowest BCUT2D eigenvalue weighted by Gasteiger charge is -2.32. The predicted octanol–water partition coefficient (Wildman–Crippen LogP) is 1.73. The zero-order chi connectivity index (χ0) is 14.9. The summed E-state index contributed by atoms with van der Waals surface area (Å²) in [6.45, 7) is 7.19. The van der Waals surface area contributed by atoms with Gasteiger partial charge in [-0.3, -0.25) is 9.89 Å². The number of rotatable bonds is 6. The van der Waals surface area contributed by atoms with Crippen LogP contribution in [0.15, 0.2) is 4.99 Å². The first-order chi connectivity index (χ1) is 10.3. The van der Waals surface area contributed by atoms with E-state index in [1.54, 1.807) is 0 Å². The van der Waals surface area contributed by atoms with Crippen molar-refractivity contribution in [2.75, 3.05) is 65.0 Å². The molecule has 22 heavy (non-hydrogen) atoms. The number of nitrogens with one attached hydrogen (secondary N) is 1. The smallest absolute Gasteiger partial charge is 0.193 e. The van der Waals surface area contributed by atoms with Gasteiger partial charge < -0.3 is 15.0 Å². The summed E-state index contributed by atoms with van der Waals surface area (Å²) >= 11 is 1.92. The molecule has 1 N–H and O–H groups in total. The molecule has 5 nitrogen and oxygen atoms in total. The molecule has 2 aliphatic heterocycles.